The number of nitrogens with zero attached hydrogens (tertiary/aromatic N) is 1. The topological polar surface area (TPSA) is 52.6 Å². The molecule has 25 heavy (non-hydrogen) atoms. The molecule has 3 atom stereocenters. The summed E-state index contributed by atoms with van der Waals surface area (Å²) in [5, 5.41) is 13.2. The molecule has 2 N–H and O–H groups in total. The number of halogens is 1. The Labute approximate surface area is 156 Å². The molecular formula is C20H21BrN2O2. The van der Waals surface area contributed by atoms with Crippen molar-refractivity contribution < 1.29 is 9.90 Å². The number of rotatable bonds is 3. The van der Waals surface area contributed by atoms with Gasteiger partial charge in [0.15, 0.2) is 0 Å². The summed E-state index contributed by atoms with van der Waals surface area (Å²) in [6.45, 7) is 0.822. The maximum Gasteiger partial charge on any atom is 0.227 e. The lowest BCUT2D eigenvalue weighted by Gasteiger charge is -2.39. The van der Waals surface area contributed by atoms with Crippen molar-refractivity contribution in [3.05, 3.63) is 64.1 Å². The van der Waals surface area contributed by atoms with E-state index in [1.54, 1.807) is 0 Å². The fraction of sp³-hybridized carbons (Fsp3) is 0.350. The third kappa shape index (κ3) is 3.07. The van der Waals surface area contributed by atoms with Gasteiger partial charge in [-0.1, -0.05) is 46.3 Å². The molecule has 5 heteroatoms. The van der Waals surface area contributed by atoms with E-state index in [4.69, 9.17) is 0 Å². The third-order valence-electron chi connectivity index (χ3n) is 5.35. The molecule has 2 aromatic carbocycles. The molecule has 0 bridgehead atoms. The van der Waals surface area contributed by atoms with E-state index in [1.807, 2.05) is 47.4 Å². The molecule has 2 aliphatic heterocycles. The van der Waals surface area contributed by atoms with Crippen LogP contribution in [0.5, 0.6) is 0 Å². The SMILES string of the molecule is O=C(Cc1ccccc1)N1CC[C@@H]2[C@H](CO)Nc3ccc(Br)cc3[C@@H]21. The molecule has 0 saturated carbocycles. The normalized spacial score (nSPS) is 24.4. The van der Waals surface area contributed by atoms with Crippen LogP contribution < -0.4 is 5.32 Å². The monoisotopic (exact) mass is 400 g/mol. The van der Waals surface area contributed by atoms with Gasteiger partial charge in [-0.25, -0.2) is 0 Å². The molecule has 130 valence electrons. The Morgan fingerprint density at radius 2 is 2.04 bits per heavy atom. The number of carbonyl (C=O) groups excluding carboxylic acids is 1. The van der Waals surface area contributed by atoms with Crippen LogP contribution in [0.25, 0.3) is 0 Å². The van der Waals surface area contributed by atoms with Crippen molar-refractivity contribution in [3.8, 4) is 0 Å². The van der Waals surface area contributed by atoms with Crippen LogP contribution in [0.1, 0.15) is 23.6 Å². The van der Waals surface area contributed by atoms with E-state index in [0.717, 1.165) is 34.3 Å². The first-order valence-corrected chi connectivity index (χ1v) is 9.47. The quantitative estimate of drug-likeness (QED) is 0.830. The number of nitrogens with one attached hydrogen (secondary N) is 1. The smallest absolute Gasteiger partial charge is 0.227 e. The highest BCUT2D eigenvalue weighted by Crippen LogP contribution is 2.47. The van der Waals surface area contributed by atoms with Gasteiger partial charge in [-0.15, -0.1) is 0 Å². The second-order valence-corrected chi connectivity index (χ2v) is 7.73. The van der Waals surface area contributed by atoms with Crippen molar-refractivity contribution in [1.29, 1.82) is 0 Å². The van der Waals surface area contributed by atoms with Gasteiger partial charge in [-0.05, 0) is 35.7 Å². The molecule has 2 heterocycles. The number of benzene rings is 2. The molecule has 0 radical (unpaired) electrons. The van der Waals surface area contributed by atoms with Crippen molar-refractivity contribution in [2.24, 2.45) is 5.92 Å². The first kappa shape index (κ1) is 16.6. The van der Waals surface area contributed by atoms with Crippen molar-refractivity contribution >= 4 is 27.5 Å². The number of amides is 1. The molecule has 1 fully saturated rings. The van der Waals surface area contributed by atoms with Crippen LogP contribution in [0.2, 0.25) is 0 Å². The largest absolute Gasteiger partial charge is 0.394 e. The van der Waals surface area contributed by atoms with E-state index >= 15 is 0 Å². The summed E-state index contributed by atoms with van der Waals surface area (Å²) in [7, 11) is 0. The summed E-state index contributed by atoms with van der Waals surface area (Å²) < 4.78 is 1.01. The van der Waals surface area contributed by atoms with Crippen molar-refractivity contribution in [2.75, 3.05) is 18.5 Å². The zero-order valence-electron chi connectivity index (χ0n) is 13.9. The Hall–Kier alpha value is -1.85. The van der Waals surface area contributed by atoms with Gasteiger partial charge in [0.25, 0.3) is 0 Å². The summed E-state index contributed by atoms with van der Waals surface area (Å²) in [6, 6.07) is 16.0. The number of aliphatic hydroxyl groups is 1. The molecule has 0 spiro atoms. The van der Waals surface area contributed by atoms with E-state index in [9.17, 15) is 9.90 Å². The summed E-state index contributed by atoms with van der Waals surface area (Å²) in [5.41, 5.74) is 3.20. The van der Waals surface area contributed by atoms with Gasteiger partial charge < -0.3 is 15.3 Å². The minimum Gasteiger partial charge on any atom is -0.394 e. The van der Waals surface area contributed by atoms with Crippen LogP contribution >= 0.6 is 15.9 Å². The molecule has 2 aliphatic rings. The number of likely N-dealkylation sites (tertiary alicyclic amines) is 1. The van der Waals surface area contributed by atoms with Gasteiger partial charge in [0, 0.05) is 22.6 Å². The van der Waals surface area contributed by atoms with E-state index in [2.05, 4.69) is 27.3 Å². The Morgan fingerprint density at radius 3 is 2.80 bits per heavy atom. The third-order valence-corrected chi connectivity index (χ3v) is 5.84. The molecule has 4 rings (SSSR count). The van der Waals surface area contributed by atoms with Crippen LogP contribution in [0.3, 0.4) is 0 Å². The molecular weight excluding hydrogens is 380 g/mol. The highest BCUT2D eigenvalue weighted by molar-refractivity contribution is 9.10. The predicted octanol–water partition coefficient (Wildman–Crippen LogP) is 3.37. The lowest BCUT2D eigenvalue weighted by atomic mass is 9.83. The Balaban J connectivity index is 1.66. The van der Waals surface area contributed by atoms with Crippen LogP contribution in [-0.4, -0.2) is 35.1 Å². The number of hydrogen-bond donors (Lipinski definition) is 2. The van der Waals surface area contributed by atoms with Gasteiger partial charge in [0.1, 0.15) is 0 Å². The minimum absolute atomic E-state index is 0.00630. The van der Waals surface area contributed by atoms with Crippen molar-refractivity contribution in [1.82, 2.24) is 4.90 Å². The summed E-state index contributed by atoms with van der Waals surface area (Å²) in [5.74, 6) is 0.398. The molecule has 1 saturated heterocycles. The first-order chi connectivity index (χ1) is 12.2. The summed E-state index contributed by atoms with van der Waals surface area (Å²) in [4.78, 5) is 15.0. The number of aliphatic hydroxyl groups excluding tert-OH is 1. The van der Waals surface area contributed by atoms with Crippen molar-refractivity contribution in [2.45, 2.75) is 24.9 Å². The van der Waals surface area contributed by atoms with E-state index in [0.29, 0.717) is 6.42 Å². The number of anilines is 1. The molecule has 0 aromatic heterocycles. The van der Waals surface area contributed by atoms with E-state index < -0.39 is 0 Å². The van der Waals surface area contributed by atoms with Crippen LogP contribution in [0, 0.1) is 5.92 Å². The van der Waals surface area contributed by atoms with Gasteiger partial charge in [-0.3, -0.25) is 4.79 Å². The highest BCUT2D eigenvalue weighted by atomic mass is 79.9. The van der Waals surface area contributed by atoms with Crippen molar-refractivity contribution in [3.63, 3.8) is 0 Å². The van der Waals surface area contributed by atoms with E-state index in [1.165, 1.54) is 0 Å². The zero-order chi connectivity index (χ0) is 17.4. The van der Waals surface area contributed by atoms with Gasteiger partial charge in [0.2, 0.25) is 5.91 Å². The molecule has 0 aliphatic carbocycles. The molecule has 1 amide bonds. The lowest BCUT2D eigenvalue weighted by molar-refractivity contribution is -0.131. The molecule has 4 nitrogen and oxygen atoms in total. The predicted molar refractivity (Wildman–Crippen MR) is 101 cm³/mol. The summed E-state index contributed by atoms with van der Waals surface area (Å²) in [6.07, 6.45) is 1.33. The van der Waals surface area contributed by atoms with E-state index in [-0.39, 0.29) is 30.5 Å². The highest BCUT2D eigenvalue weighted by Gasteiger charge is 2.45. The average molecular weight is 401 g/mol. The maximum atomic E-state index is 13.0. The Kier molecular flexibility index (Phi) is 4.52. The number of fused-ring (bicyclic) bond motifs is 3. The van der Waals surface area contributed by atoms with Crippen LogP contribution in [0.15, 0.2) is 53.0 Å². The summed E-state index contributed by atoms with van der Waals surface area (Å²) >= 11 is 3.55. The fourth-order valence-corrected chi connectivity index (χ4v) is 4.56. The van der Waals surface area contributed by atoms with Crippen LogP contribution in [-0.2, 0) is 11.2 Å². The molecule has 0 unspecified atom stereocenters. The standard InChI is InChI=1S/C20H21BrN2O2/c21-14-6-7-17-16(11-14)20-15(18(12-24)22-17)8-9-23(20)19(25)10-13-4-2-1-3-5-13/h1-7,11,15,18,20,22,24H,8-10,12H2/t15-,18+,20-/m1/s1. The Bertz CT molecular complexity index is 781. The number of carbonyl (C=O) groups is 1. The fourth-order valence-electron chi connectivity index (χ4n) is 4.19. The average Bonchev–Trinajstić information content (AvgIpc) is 3.07. The molecule has 2 aromatic rings. The van der Waals surface area contributed by atoms with Crippen LogP contribution in [0.4, 0.5) is 5.69 Å². The second kappa shape index (κ2) is 6.81. The Morgan fingerprint density at radius 1 is 1.24 bits per heavy atom. The number of hydrogen-bond acceptors (Lipinski definition) is 3. The maximum absolute atomic E-state index is 13.0. The lowest BCUT2D eigenvalue weighted by Crippen LogP contribution is -2.43. The zero-order valence-corrected chi connectivity index (χ0v) is 15.4. The van der Waals surface area contributed by atoms with Gasteiger partial charge in [0.05, 0.1) is 25.1 Å². The first-order valence-electron chi connectivity index (χ1n) is 8.67. The van der Waals surface area contributed by atoms with Gasteiger partial charge >= 0.3 is 0 Å². The van der Waals surface area contributed by atoms with Gasteiger partial charge in [-0.2, -0.15) is 0 Å². The second-order valence-electron chi connectivity index (χ2n) is 6.81. The minimum atomic E-state index is -0.00630.